The maximum atomic E-state index is 12.1. The third-order valence-electron chi connectivity index (χ3n) is 3.68. The molecule has 2 N–H and O–H groups in total. The molecule has 98 valence electrons. The Bertz CT molecular complexity index is 447. The minimum Gasteiger partial charge on any atom is -0.393 e. The molecule has 0 aliphatic carbocycles. The number of hydrogen-bond acceptors (Lipinski definition) is 5. The zero-order chi connectivity index (χ0) is 12.7. The lowest BCUT2D eigenvalue weighted by Crippen LogP contribution is -2.49. The molecule has 1 aromatic heterocycles. The molecule has 3 rings (SSSR count). The minimum absolute atomic E-state index is 0.128. The number of rotatable bonds is 1. The number of hydrogen-bond donors (Lipinski definition) is 2. The number of nitrogens with one attached hydrogen (secondary N) is 1. The normalized spacial score (nSPS) is 30.6. The van der Waals surface area contributed by atoms with Crippen LogP contribution in [0, 0.1) is 6.92 Å². The van der Waals surface area contributed by atoms with E-state index < -0.39 is 0 Å². The summed E-state index contributed by atoms with van der Waals surface area (Å²) in [4.78, 5) is 17.9. The number of aryl methyl sites for hydroxylation is 1. The van der Waals surface area contributed by atoms with E-state index in [0.29, 0.717) is 18.7 Å². The molecule has 2 aliphatic rings. The van der Waals surface area contributed by atoms with Gasteiger partial charge in [-0.3, -0.25) is 5.32 Å². The lowest BCUT2D eigenvalue weighted by molar-refractivity contribution is 0.0578. The third-order valence-corrected chi connectivity index (χ3v) is 3.68. The van der Waals surface area contributed by atoms with Crippen molar-refractivity contribution in [2.45, 2.75) is 50.8 Å². The summed E-state index contributed by atoms with van der Waals surface area (Å²) < 4.78 is 4.87. The van der Waals surface area contributed by atoms with Gasteiger partial charge in [-0.25, -0.2) is 4.79 Å². The molecule has 2 amide bonds. The summed E-state index contributed by atoms with van der Waals surface area (Å²) in [5, 5.41) is 15.9. The van der Waals surface area contributed by atoms with Gasteiger partial charge in [0.25, 0.3) is 0 Å². The molecule has 1 aromatic rings. The van der Waals surface area contributed by atoms with E-state index >= 15 is 0 Å². The second kappa shape index (κ2) is 4.24. The van der Waals surface area contributed by atoms with Gasteiger partial charge in [-0.1, -0.05) is 5.16 Å². The van der Waals surface area contributed by atoms with Crippen LogP contribution in [-0.4, -0.2) is 44.4 Å². The molecule has 0 aromatic carbocycles. The fraction of sp³-hybridized carbons (Fsp3) is 0.727. The Hall–Kier alpha value is -1.63. The second-order valence-electron chi connectivity index (χ2n) is 4.99. The molecule has 1 unspecified atom stereocenters. The predicted octanol–water partition coefficient (Wildman–Crippen LogP) is 0.898. The number of aliphatic hydroxyl groups excluding tert-OH is 1. The quantitative estimate of drug-likeness (QED) is 0.774. The number of carbonyl (C=O) groups is 1. The van der Waals surface area contributed by atoms with Gasteiger partial charge in [0, 0.05) is 12.1 Å². The first-order chi connectivity index (χ1) is 8.63. The number of amides is 2. The van der Waals surface area contributed by atoms with Crippen LogP contribution in [0.2, 0.25) is 0 Å². The highest BCUT2D eigenvalue weighted by Crippen LogP contribution is 2.35. The number of aliphatic hydroxyl groups is 1. The van der Waals surface area contributed by atoms with Crippen molar-refractivity contribution in [3.63, 3.8) is 0 Å². The summed E-state index contributed by atoms with van der Waals surface area (Å²) in [6, 6.07) is 0.173. The standard InChI is InChI=1S/C11H16N4O3/c1-6-12-10(18-14-6)13-11(17)15-7-2-3-8(15)5-9(16)4-7/h7-9,16H,2-5H2,1H3,(H,12,13,14,17)/t7-,8+,9?. The van der Waals surface area contributed by atoms with Crippen molar-refractivity contribution < 1.29 is 14.4 Å². The van der Waals surface area contributed by atoms with E-state index in [1.54, 1.807) is 6.92 Å². The van der Waals surface area contributed by atoms with Crippen molar-refractivity contribution in [1.29, 1.82) is 0 Å². The maximum Gasteiger partial charge on any atom is 0.329 e. The average Bonchev–Trinajstić information content (AvgIpc) is 2.81. The zero-order valence-electron chi connectivity index (χ0n) is 10.2. The Morgan fingerprint density at radius 2 is 2.11 bits per heavy atom. The van der Waals surface area contributed by atoms with E-state index in [1.165, 1.54) is 0 Å². The number of nitrogens with zero attached hydrogens (tertiary/aromatic N) is 3. The van der Waals surface area contributed by atoms with Crippen molar-refractivity contribution in [3.05, 3.63) is 5.82 Å². The van der Waals surface area contributed by atoms with Gasteiger partial charge < -0.3 is 14.5 Å². The Kier molecular flexibility index (Phi) is 2.70. The van der Waals surface area contributed by atoms with Gasteiger partial charge in [-0.2, -0.15) is 4.98 Å². The summed E-state index contributed by atoms with van der Waals surface area (Å²) in [7, 11) is 0. The fourth-order valence-corrected chi connectivity index (χ4v) is 2.98. The van der Waals surface area contributed by atoms with Crippen LogP contribution in [0.5, 0.6) is 0 Å². The van der Waals surface area contributed by atoms with E-state index in [9.17, 15) is 9.90 Å². The summed E-state index contributed by atoms with van der Waals surface area (Å²) in [5.41, 5.74) is 0. The summed E-state index contributed by atoms with van der Waals surface area (Å²) in [6.07, 6.45) is 2.95. The predicted molar refractivity (Wildman–Crippen MR) is 61.9 cm³/mol. The first kappa shape index (κ1) is 11.5. The van der Waals surface area contributed by atoms with E-state index in [2.05, 4.69) is 15.5 Å². The smallest absolute Gasteiger partial charge is 0.329 e. The molecule has 3 heterocycles. The lowest BCUT2D eigenvalue weighted by atomic mass is 10.0. The number of aromatic nitrogens is 2. The van der Waals surface area contributed by atoms with E-state index in [4.69, 9.17) is 4.52 Å². The van der Waals surface area contributed by atoms with Gasteiger partial charge in [0.1, 0.15) is 0 Å². The molecule has 0 radical (unpaired) electrons. The van der Waals surface area contributed by atoms with Crippen LogP contribution in [0.4, 0.5) is 10.8 Å². The number of urea groups is 1. The van der Waals surface area contributed by atoms with Crippen molar-refractivity contribution >= 4 is 12.0 Å². The Morgan fingerprint density at radius 1 is 1.44 bits per heavy atom. The highest BCUT2D eigenvalue weighted by molar-refractivity contribution is 5.87. The van der Waals surface area contributed by atoms with E-state index in [1.807, 2.05) is 4.90 Å². The molecule has 18 heavy (non-hydrogen) atoms. The maximum absolute atomic E-state index is 12.1. The molecule has 0 spiro atoms. The van der Waals surface area contributed by atoms with Gasteiger partial charge >= 0.3 is 12.0 Å². The van der Waals surface area contributed by atoms with Crippen molar-refractivity contribution in [1.82, 2.24) is 15.0 Å². The Balaban J connectivity index is 1.70. The largest absolute Gasteiger partial charge is 0.393 e. The molecular formula is C11H16N4O3. The van der Waals surface area contributed by atoms with Gasteiger partial charge in [-0.15, -0.1) is 0 Å². The number of carbonyl (C=O) groups excluding carboxylic acids is 1. The van der Waals surface area contributed by atoms with Crippen LogP contribution in [0.3, 0.4) is 0 Å². The first-order valence-electron chi connectivity index (χ1n) is 6.21. The topological polar surface area (TPSA) is 91.5 Å². The van der Waals surface area contributed by atoms with Crippen molar-refractivity contribution in [2.75, 3.05) is 5.32 Å². The van der Waals surface area contributed by atoms with Crippen LogP contribution in [0.15, 0.2) is 4.52 Å². The van der Waals surface area contributed by atoms with Crippen LogP contribution >= 0.6 is 0 Å². The molecule has 2 aliphatic heterocycles. The van der Waals surface area contributed by atoms with E-state index in [0.717, 1.165) is 12.8 Å². The van der Waals surface area contributed by atoms with Gasteiger partial charge in [-0.05, 0) is 32.6 Å². The van der Waals surface area contributed by atoms with Crippen LogP contribution in [-0.2, 0) is 0 Å². The molecule has 2 fully saturated rings. The SMILES string of the molecule is Cc1noc(NC(=O)N2[C@@H]3CC[C@H]2CC(O)C3)n1. The second-order valence-corrected chi connectivity index (χ2v) is 4.99. The summed E-state index contributed by atoms with van der Waals surface area (Å²) in [5.74, 6) is 0.488. The molecular weight excluding hydrogens is 236 g/mol. The molecule has 0 saturated carbocycles. The fourth-order valence-electron chi connectivity index (χ4n) is 2.98. The van der Waals surface area contributed by atoms with Crippen LogP contribution in [0.1, 0.15) is 31.5 Å². The molecule has 2 bridgehead atoms. The number of fused-ring (bicyclic) bond motifs is 2. The van der Waals surface area contributed by atoms with Gasteiger partial charge in [0.15, 0.2) is 5.82 Å². The van der Waals surface area contributed by atoms with Crippen molar-refractivity contribution in [2.24, 2.45) is 0 Å². The van der Waals surface area contributed by atoms with Gasteiger partial charge in [0.05, 0.1) is 6.10 Å². The molecule has 7 nitrogen and oxygen atoms in total. The van der Waals surface area contributed by atoms with Crippen molar-refractivity contribution in [3.8, 4) is 0 Å². The molecule has 3 atom stereocenters. The first-order valence-corrected chi connectivity index (χ1v) is 6.21. The minimum atomic E-state index is -0.280. The summed E-state index contributed by atoms with van der Waals surface area (Å²) >= 11 is 0. The number of piperidine rings is 1. The van der Waals surface area contributed by atoms with Crippen LogP contribution < -0.4 is 5.32 Å². The molecule has 7 heteroatoms. The third kappa shape index (κ3) is 1.94. The average molecular weight is 252 g/mol. The van der Waals surface area contributed by atoms with Crippen LogP contribution in [0.25, 0.3) is 0 Å². The Labute approximate surface area is 104 Å². The zero-order valence-corrected chi connectivity index (χ0v) is 10.2. The lowest BCUT2D eigenvalue weighted by Gasteiger charge is -2.36. The summed E-state index contributed by atoms with van der Waals surface area (Å²) in [6.45, 7) is 1.69. The van der Waals surface area contributed by atoms with E-state index in [-0.39, 0.29) is 30.2 Å². The Morgan fingerprint density at radius 3 is 2.67 bits per heavy atom. The monoisotopic (exact) mass is 252 g/mol. The molecule has 2 saturated heterocycles. The highest BCUT2D eigenvalue weighted by Gasteiger charge is 2.43. The van der Waals surface area contributed by atoms with Gasteiger partial charge in [0.2, 0.25) is 0 Å². The highest BCUT2D eigenvalue weighted by atomic mass is 16.5. The number of anilines is 1.